The zero-order valence-corrected chi connectivity index (χ0v) is 9.68. The molecular weight excluding hydrogens is 186 g/mol. The molecule has 0 aromatic carbocycles. The lowest BCUT2D eigenvalue weighted by molar-refractivity contribution is -0.114. The van der Waals surface area contributed by atoms with Crippen LogP contribution < -0.4 is 0 Å². The molecule has 15 heavy (non-hydrogen) atoms. The van der Waals surface area contributed by atoms with Crippen molar-refractivity contribution in [2.24, 2.45) is 5.41 Å². The van der Waals surface area contributed by atoms with E-state index in [9.17, 15) is 4.79 Å². The van der Waals surface area contributed by atoms with Gasteiger partial charge in [0.15, 0.2) is 0 Å². The molecule has 2 aliphatic rings. The third kappa shape index (κ3) is 1.99. The van der Waals surface area contributed by atoms with Crippen LogP contribution in [-0.4, -0.2) is 23.8 Å². The van der Waals surface area contributed by atoms with E-state index in [1.807, 2.05) is 0 Å². The molecule has 0 atom stereocenters. The summed E-state index contributed by atoms with van der Waals surface area (Å²) < 4.78 is 0. The van der Waals surface area contributed by atoms with Gasteiger partial charge in [0.25, 0.3) is 0 Å². The van der Waals surface area contributed by atoms with Crippen molar-refractivity contribution in [3.8, 4) is 0 Å². The molecule has 1 fully saturated rings. The average molecular weight is 205 g/mol. The minimum absolute atomic E-state index is 0.0862. The van der Waals surface area contributed by atoms with Gasteiger partial charge in [-0.2, -0.15) is 0 Å². The van der Waals surface area contributed by atoms with Crippen LogP contribution in [0.1, 0.15) is 33.1 Å². The van der Waals surface area contributed by atoms with Crippen LogP contribution in [0.2, 0.25) is 0 Å². The molecule has 0 aromatic heterocycles. The molecule has 1 aliphatic carbocycles. The third-order valence-corrected chi connectivity index (χ3v) is 3.20. The summed E-state index contributed by atoms with van der Waals surface area (Å²) in [5.74, 6) is 0.163. The Morgan fingerprint density at radius 2 is 1.93 bits per heavy atom. The fourth-order valence-corrected chi connectivity index (χ4v) is 2.49. The lowest BCUT2D eigenvalue weighted by atomic mass is 9.78. The Labute approximate surface area is 91.6 Å². The van der Waals surface area contributed by atoms with Gasteiger partial charge in [-0.1, -0.05) is 26.5 Å². The summed E-state index contributed by atoms with van der Waals surface area (Å²) in [4.78, 5) is 14.2. The Hall–Kier alpha value is -1.05. The summed E-state index contributed by atoms with van der Waals surface area (Å²) in [6, 6.07) is 0. The van der Waals surface area contributed by atoms with Crippen molar-refractivity contribution in [3.63, 3.8) is 0 Å². The summed E-state index contributed by atoms with van der Waals surface area (Å²) in [5, 5.41) is 0. The fourth-order valence-electron chi connectivity index (χ4n) is 2.49. The molecular formula is C13H19NO. The number of allylic oxidation sites excluding steroid dienone is 2. The van der Waals surface area contributed by atoms with Crippen molar-refractivity contribution in [2.45, 2.75) is 33.1 Å². The number of carbonyl (C=O) groups excluding carboxylic acids is 1. The van der Waals surface area contributed by atoms with Crippen LogP contribution in [0.25, 0.3) is 0 Å². The van der Waals surface area contributed by atoms with Crippen LogP contribution in [0.3, 0.4) is 0 Å². The minimum atomic E-state index is 0.0862. The molecule has 0 unspecified atom stereocenters. The predicted molar refractivity (Wildman–Crippen MR) is 61.4 cm³/mol. The zero-order valence-electron chi connectivity index (χ0n) is 9.68. The smallest absolute Gasteiger partial charge is 0.204 e. The average Bonchev–Trinajstić information content (AvgIpc) is 2.63. The maximum atomic E-state index is 12.0. The second kappa shape index (κ2) is 3.51. The highest BCUT2D eigenvalue weighted by molar-refractivity contribution is 6.08. The standard InChI is InChI=1S/C13H19NO/c1-10-8-13(2,3)9-11(12(10)15)14-6-4-5-7-14/h9H,1,4-8H2,2-3H3. The maximum absolute atomic E-state index is 12.0. The van der Waals surface area contributed by atoms with Crippen molar-refractivity contribution in [2.75, 3.05) is 13.1 Å². The molecule has 0 N–H and O–H groups in total. The Balaban J connectivity index is 2.30. The normalized spacial score (nSPS) is 25.7. The number of Topliss-reactive ketones (excluding diaryl/α,β-unsaturated/α-hetero) is 1. The second-order valence-electron chi connectivity index (χ2n) is 5.32. The van der Waals surface area contributed by atoms with E-state index in [2.05, 4.69) is 31.4 Å². The molecule has 0 spiro atoms. The number of hydrogen-bond acceptors (Lipinski definition) is 2. The highest BCUT2D eigenvalue weighted by atomic mass is 16.1. The van der Waals surface area contributed by atoms with Crippen molar-refractivity contribution in [1.82, 2.24) is 4.90 Å². The summed E-state index contributed by atoms with van der Waals surface area (Å²) >= 11 is 0. The number of hydrogen-bond donors (Lipinski definition) is 0. The number of carbonyl (C=O) groups is 1. The first kappa shape index (κ1) is 10.5. The van der Waals surface area contributed by atoms with Gasteiger partial charge in [-0.15, -0.1) is 0 Å². The molecule has 0 aromatic rings. The second-order valence-corrected chi connectivity index (χ2v) is 5.32. The van der Waals surface area contributed by atoms with E-state index in [0.29, 0.717) is 0 Å². The van der Waals surface area contributed by atoms with Crippen molar-refractivity contribution in [1.29, 1.82) is 0 Å². The third-order valence-electron chi connectivity index (χ3n) is 3.20. The van der Waals surface area contributed by atoms with Gasteiger partial charge in [-0.25, -0.2) is 0 Å². The minimum Gasteiger partial charge on any atom is -0.369 e. The first-order valence-corrected chi connectivity index (χ1v) is 5.70. The molecule has 82 valence electrons. The number of likely N-dealkylation sites (tertiary alicyclic amines) is 1. The van der Waals surface area contributed by atoms with Crippen LogP contribution in [0, 0.1) is 5.41 Å². The molecule has 0 saturated carbocycles. The predicted octanol–water partition coefficient (Wildman–Crippen LogP) is 2.52. The first-order valence-electron chi connectivity index (χ1n) is 5.70. The summed E-state index contributed by atoms with van der Waals surface area (Å²) in [6.45, 7) is 10.3. The van der Waals surface area contributed by atoms with E-state index in [-0.39, 0.29) is 11.2 Å². The van der Waals surface area contributed by atoms with Crippen LogP contribution in [0.15, 0.2) is 23.9 Å². The van der Waals surface area contributed by atoms with Crippen molar-refractivity contribution in [3.05, 3.63) is 23.9 Å². The van der Waals surface area contributed by atoms with E-state index in [0.717, 1.165) is 30.8 Å². The fraction of sp³-hybridized carbons (Fsp3) is 0.615. The maximum Gasteiger partial charge on any atom is 0.204 e. The van der Waals surface area contributed by atoms with E-state index in [1.54, 1.807) is 0 Å². The quantitative estimate of drug-likeness (QED) is 0.613. The van der Waals surface area contributed by atoms with Crippen LogP contribution in [0.5, 0.6) is 0 Å². The number of nitrogens with zero attached hydrogens (tertiary/aromatic N) is 1. The number of rotatable bonds is 1. The first-order chi connectivity index (χ1) is 6.99. The van der Waals surface area contributed by atoms with E-state index in [1.165, 1.54) is 12.8 Å². The SMILES string of the molecule is C=C1CC(C)(C)C=C(N2CCCC2)C1=O. The van der Waals surface area contributed by atoms with Gasteiger partial charge in [0.1, 0.15) is 0 Å². The van der Waals surface area contributed by atoms with E-state index < -0.39 is 0 Å². The lowest BCUT2D eigenvalue weighted by Gasteiger charge is -2.32. The van der Waals surface area contributed by atoms with Crippen LogP contribution in [-0.2, 0) is 4.79 Å². The Morgan fingerprint density at radius 1 is 1.33 bits per heavy atom. The van der Waals surface area contributed by atoms with Crippen LogP contribution >= 0.6 is 0 Å². The van der Waals surface area contributed by atoms with Gasteiger partial charge >= 0.3 is 0 Å². The van der Waals surface area contributed by atoms with Gasteiger partial charge in [0.2, 0.25) is 5.78 Å². The van der Waals surface area contributed by atoms with Crippen LogP contribution in [0.4, 0.5) is 0 Å². The van der Waals surface area contributed by atoms with E-state index >= 15 is 0 Å². The Kier molecular flexibility index (Phi) is 2.45. The molecule has 2 rings (SSSR count). The highest BCUT2D eigenvalue weighted by Gasteiger charge is 2.32. The highest BCUT2D eigenvalue weighted by Crippen LogP contribution is 2.35. The summed E-state index contributed by atoms with van der Waals surface area (Å²) in [5.41, 5.74) is 1.75. The zero-order chi connectivity index (χ0) is 11.1. The number of ketones is 1. The Bertz CT molecular complexity index is 332. The monoisotopic (exact) mass is 205 g/mol. The molecule has 1 aliphatic heterocycles. The van der Waals surface area contributed by atoms with Gasteiger partial charge in [0, 0.05) is 13.1 Å². The van der Waals surface area contributed by atoms with Crippen molar-refractivity contribution < 1.29 is 4.79 Å². The van der Waals surface area contributed by atoms with Gasteiger partial charge < -0.3 is 4.90 Å². The molecule has 1 saturated heterocycles. The van der Waals surface area contributed by atoms with Gasteiger partial charge in [-0.3, -0.25) is 4.79 Å². The summed E-state index contributed by atoms with van der Waals surface area (Å²) in [7, 11) is 0. The lowest BCUT2D eigenvalue weighted by Crippen LogP contribution is -2.31. The molecule has 2 nitrogen and oxygen atoms in total. The topological polar surface area (TPSA) is 20.3 Å². The largest absolute Gasteiger partial charge is 0.369 e. The van der Waals surface area contributed by atoms with Gasteiger partial charge in [0.05, 0.1) is 5.70 Å². The Morgan fingerprint density at radius 3 is 2.53 bits per heavy atom. The summed E-state index contributed by atoms with van der Waals surface area (Å²) in [6.07, 6.45) is 5.34. The van der Waals surface area contributed by atoms with Crippen molar-refractivity contribution >= 4 is 5.78 Å². The molecule has 0 bridgehead atoms. The van der Waals surface area contributed by atoms with Gasteiger partial charge in [-0.05, 0) is 30.3 Å². The van der Waals surface area contributed by atoms with E-state index in [4.69, 9.17) is 0 Å². The molecule has 1 heterocycles. The molecule has 0 radical (unpaired) electrons. The molecule has 2 heteroatoms. The molecule has 0 amide bonds.